The fourth-order valence-corrected chi connectivity index (χ4v) is 5.15. The molecule has 1 nitrogen and oxygen atoms in total. The lowest BCUT2D eigenvalue weighted by atomic mass is 9.99. The summed E-state index contributed by atoms with van der Waals surface area (Å²) < 4.78 is 2.67. The molecule has 0 aliphatic heterocycles. The lowest BCUT2D eigenvalue weighted by Crippen LogP contribution is -1.91. The number of benzene rings is 3. The molecular formula is C27H23NS. The number of hydrogen-bond donors (Lipinski definition) is 0. The molecule has 0 aliphatic rings. The van der Waals surface area contributed by atoms with Crippen molar-refractivity contribution in [1.29, 1.82) is 0 Å². The van der Waals surface area contributed by atoms with Gasteiger partial charge in [0.05, 0.1) is 5.69 Å². The lowest BCUT2D eigenvalue weighted by molar-refractivity contribution is 0.869. The number of rotatable bonds is 4. The predicted molar refractivity (Wildman–Crippen MR) is 126 cm³/mol. The minimum Gasteiger partial charge on any atom is -0.256 e. The van der Waals surface area contributed by atoms with Crippen LogP contribution in [0.2, 0.25) is 0 Å². The zero-order valence-electron chi connectivity index (χ0n) is 16.7. The largest absolute Gasteiger partial charge is 0.256 e. The Bertz CT molecular complexity index is 1300. The van der Waals surface area contributed by atoms with E-state index in [2.05, 4.69) is 92.7 Å². The Kier molecular flexibility index (Phi) is 4.65. The van der Waals surface area contributed by atoms with E-state index in [9.17, 15) is 0 Å². The molecule has 0 saturated heterocycles. The van der Waals surface area contributed by atoms with Crippen molar-refractivity contribution >= 4 is 31.5 Å². The van der Waals surface area contributed by atoms with Gasteiger partial charge in [-0.1, -0.05) is 68.4 Å². The number of aromatic nitrogens is 1. The summed E-state index contributed by atoms with van der Waals surface area (Å²) in [5.41, 5.74) is 6.29. The molecule has 5 rings (SSSR count). The van der Waals surface area contributed by atoms with Crippen LogP contribution in [0.3, 0.4) is 0 Å². The van der Waals surface area contributed by atoms with Crippen LogP contribution >= 0.6 is 11.3 Å². The molecule has 2 aromatic heterocycles. The van der Waals surface area contributed by atoms with Gasteiger partial charge in [-0.05, 0) is 53.3 Å². The summed E-state index contributed by atoms with van der Waals surface area (Å²) >= 11 is 1.87. The van der Waals surface area contributed by atoms with Crippen molar-refractivity contribution in [2.75, 3.05) is 0 Å². The summed E-state index contributed by atoms with van der Waals surface area (Å²) in [5, 5.41) is 2.69. The molecule has 0 atom stereocenters. The average Bonchev–Trinajstić information content (AvgIpc) is 3.12. The predicted octanol–water partition coefficient (Wildman–Crippen LogP) is 7.83. The number of pyridine rings is 1. The molecule has 29 heavy (non-hydrogen) atoms. The molecule has 0 radical (unpaired) electrons. The molecule has 3 aromatic carbocycles. The van der Waals surface area contributed by atoms with Crippen LogP contribution < -0.4 is 0 Å². The first kappa shape index (κ1) is 18.1. The lowest BCUT2D eigenvalue weighted by Gasteiger charge is -2.07. The second-order valence-corrected chi connectivity index (χ2v) is 8.96. The summed E-state index contributed by atoms with van der Waals surface area (Å²) in [7, 11) is 0. The van der Waals surface area contributed by atoms with Gasteiger partial charge in [-0.15, -0.1) is 11.3 Å². The van der Waals surface area contributed by atoms with E-state index in [4.69, 9.17) is 4.98 Å². The van der Waals surface area contributed by atoms with Crippen LogP contribution in [-0.2, 0) is 6.42 Å². The molecule has 2 heteroatoms. The highest BCUT2D eigenvalue weighted by Gasteiger charge is 2.13. The summed E-state index contributed by atoms with van der Waals surface area (Å²) in [6.07, 6.45) is 2.87. The molecule has 0 N–H and O–H groups in total. The number of nitrogens with zero attached hydrogens (tertiary/aromatic N) is 1. The Hall–Kier alpha value is -2.97. The van der Waals surface area contributed by atoms with E-state index in [0.29, 0.717) is 5.92 Å². The Morgan fingerprint density at radius 3 is 2.48 bits per heavy atom. The van der Waals surface area contributed by atoms with Gasteiger partial charge in [0.25, 0.3) is 0 Å². The third kappa shape index (κ3) is 3.45. The molecule has 0 amide bonds. The van der Waals surface area contributed by atoms with Crippen molar-refractivity contribution in [2.45, 2.75) is 26.2 Å². The number of hydrogen-bond acceptors (Lipinski definition) is 2. The third-order valence-corrected chi connectivity index (χ3v) is 6.76. The zero-order valence-corrected chi connectivity index (χ0v) is 17.5. The van der Waals surface area contributed by atoms with Gasteiger partial charge in [-0.3, -0.25) is 4.98 Å². The summed E-state index contributed by atoms with van der Waals surface area (Å²) in [6.45, 7) is 4.51. The van der Waals surface area contributed by atoms with Crippen LogP contribution in [0.25, 0.3) is 31.4 Å². The molecular weight excluding hydrogens is 370 g/mol. The number of thiophene rings is 1. The first-order valence-corrected chi connectivity index (χ1v) is 10.9. The maximum atomic E-state index is 4.72. The highest BCUT2D eigenvalue weighted by Crippen LogP contribution is 2.40. The SMILES string of the molecule is CC(C)c1ccc2sc3c(-c4cc(Cc5ccccc5)ccn4)cccc3c2c1. The first-order valence-electron chi connectivity index (χ1n) is 10.1. The van der Waals surface area contributed by atoms with Crippen molar-refractivity contribution in [3.8, 4) is 11.3 Å². The second kappa shape index (κ2) is 7.46. The van der Waals surface area contributed by atoms with Crippen molar-refractivity contribution in [3.05, 3.63) is 102 Å². The smallest absolute Gasteiger partial charge is 0.0719 e. The first-order chi connectivity index (χ1) is 14.2. The van der Waals surface area contributed by atoms with E-state index < -0.39 is 0 Å². The van der Waals surface area contributed by atoms with Crippen LogP contribution in [0.1, 0.15) is 36.5 Å². The van der Waals surface area contributed by atoms with Crippen molar-refractivity contribution in [1.82, 2.24) is 4.98 Å². The Labute approximate surface area is 175 Å². The summed E-state index contributed by atoms with van der Waals surface area (Å²) in [4.78, 5) is 4.72. The van der Waals surface area contributed by atoms with E-state index >= 15 is 0 Å². The van der Waals surface area contributed by atoms with Gasteiger partial charge in [0.15, 0.2) is 0 Å². The van der Waals surface area contributed by atoms with Crippen LogP contribution in [0.15, 0.2) is 85.1 Å². The van der Waals surface area contributed by atoms with E-state index in [1.807, 2.05) is 17.5 Å². The molecule has 0 saturated carbocycles. The molecule has 5 aromatic rings. The van der Waals surface area contributed by atoms with Gasteiger partial charge in [0.2, 0.25) is 0 Å². The molecule has 0 unspecified atom stereocenters. The van der Waals surface area contributed by atoms with Crippen molar-refractivity contribution < 1.29 is 0 Å². The minimum atomic E-state index is 0.536. The molecule has 0 aliphatic carbocycles. The summed E-state index contributed by atoms with van der Waals surface area (Å²) in [5.74, 6) is 0.536. The fourth-order valence-electron chi connectivity index (χ4n) is 3.94. The van der Waals surface area contributed by atoms with E-state index in [0.717, 1.165) is 12.1 Å². The van der Waals surface area contributed by atoms with Gasteiger partial charge in [0.1, 0.15) is 0 Å². The van der Waals surface area contributed by atoms with E-state index in [1.165, 1.54) is 42.4 Å². The molecule has 0 bridgehead atoms. The number of fused-ring (bicyclic) bond motifs is 3. The maximum Gasteiger partial charge on any atom is 0.0719 e. The third-order valence-electron chi connectivity index (χ3n) is 5.54. The molecule has 0 spiro atoms. The Balaban J connectivity index is 1.62. The quantitative estimate of drug-likeness (QED) is 0.303. The van der Waals surface area contributed by atoms with E-state index in [1.54, 1.807) is 0 Å². The normalized spacial score (nSPS) is 11.6. The average molecular weight is 394 g/mol. The van der Waals surface area contributed by atoms with Crippen LogP contribution in [-0.4, -0.2) is 4.98 Å². The molecule has 142 valence electrons. The van der Waals surface area contributed by atoms with E-state index in [-0.39, 0.29) is 0 Å². The van der Waals surface area contributed by atoms with Gasteiger partial charge in [0, 0.05) is 31.9 Å². The Morgan fingerprint density at radius 2 is 1.66 bits per heavy atom. The van der Waals surface area contributed by atoms with Gasteiger partial charge < -0.3 is 0 Å². The zero-order chi connectivity index (χ0) is 19.8. The van der Waals surface area contributed by atoms with Gasteiger partial charge >= 0.3 is 0 Å². The topological polar surface area (TPSA) is 12.9 Å². The summed E-state index contributed by atoms with van der Waals surface area (Å²) in [6, 6.07) is 28.5. The van der Waals surface area contributed by atoms with Crippen molar-refractivity contribution in [2.24, 2.45) is 0 Å². The Morgan fingerprint density at radius 1 is 0.793 bits per heavy atom. The van der Waals surface area contributed by atoms with Crippen LogP contribution in [0.5, 0.6) is 0 Å². The molecule has 0 fully saturated rings. The maximum absolute atomic E-state index is 4.72. The monoisotopic (exact) mass is 393 g/mol. The molecule has 2 heterocycles. The minimum absolute atomic E-state index is 0.536. The van der Waals surface area contributed by atoms with Gasteiger partial charge in [-0.2, -0.15) is 0 Å². The van der Waals surface area contributed by atoms with Crippen molar-refractivity contribution in [3.63, 3.8) is 0 Å². The van der Waals surface area contributed by atoms with Crippen LogP contribution in [0, 0.1) is 0 Å². The highest BCUT2D eigenvalue weighted by atomic mass is 32.1. The second-order valence-electron chi connectivity index (χ2n) is 7.91. The van der Waals surface area contributed by atoms with Crippen LogP contribution in [0.4, 0.5) is 0 Å². The fraction of sp³-hybridized carbons (Fsp3) is 0.148. The van der Waals surface area contributed by atoms with Gasteiger partial charge in [-0.25, -0.2) is 0 Å². The highest BCUT2D eigenvalue weighted by molar-refractivity contribution is 7.26. The standard InChI is InChI=1S/C27H23NS/c1-18(2)21-11-12-26-24(17-21)22-9-6-10-23(27(22)29-26)25-16-20(13-14-28-25)15-19-7-4-3-5-8-19/h3-14,16-18H,15H2,1-2H3.